The van der Waals surface area contributed by atoms with Gasteiger partial charge in [-0.1, -0.05) is 23.7 Å². The molecule has 2 aromatic carbocycles. The Morgan fingerprint density at radius 3 is 2.75 bits per heavy atom. The van der Waals surface area contributed by atoms with Gasteiger partial charge in [-0.15, -0.1) is 22.0 Å². The second-order valence-corrected chi connectivity index (χ2v) is 9.45. The molecule has 2 aliphatic rings. The number of halogens is 2. The lowest BCUT2D eigenvalue weighted by molar-refractivity contribution is -0.135. The highest BCUT2D eigenvalue weighted by Gasteiger charge is 2.55. The fourth-order valence-corrected chi connectivity index (χ4v) is 5.32. The van der Waals surface area contributed by atoms with Gasteiger partial charge in [-0.25, -0.2) is 4.39 Å². The predicted molar refractivity (Wildman–Crippen MR) is 117 cm³/mol. The molecule has 5 rings (SSSR count). The number of hydrogen-bond donors (Lipinski definition) is 2. The van der Waals surface area contributed by atoms with E-state index in [0.29, 0.717) is 24.2 Å². The zero-order chi connectivity index (χ0) is 22.6. The van der Waals surface area contributed by atoms with Crippen LogP contribution in [0.4, 0.5) is 4.39 Å². The van der Waals surface area contributed by atoms with Gasteiger partial charge >= 0.3 is 0 Å². The quantitative estimate of drug-likeness (QED) is 0.551. The topological polar surface area (TPSA) is 116 Å². The van der Waals surface area contributed by atoms with Crippen LogP contribution >= 0.6 is 23.4 Å². The standard InChI is InChI=1S/C21H18ClFN6O2S/c1-29-27-18(26-28-29)17-13(7-11(22)8-14(17)23)10-2-3-12-15(9-32-16(12)6-10)25-20(31)21(4-5-21)19(24)30/h2-3,6-8,15H,4-5,9H2,1H3,(H2,24,30)(H,25,31). The van der Waals surface area contributed by atoms with Gasteiger partial charge in [0.1, 0.15) is 11.2 Å². The predicted octanol–water partition coefficient (Wildman–Crippen LogP) is 2.87. The number of primary amides is 1. The molecular weight excluding hydrogens is 455 g/mol. The maximum Gasteiger partial charge on any atom is 0.236 e. The minimum absolute atomic E-state index is 0.163. The molecule has 1 aliphatic carbocycles. The van der Waals surface area contributed by atoms with Crippen molar-refractivity contribution in [2.75, 3.05) is 5.75 Å². The van der Waals surface area contributed by atoms with Crippen LogP contribution in [0.15, 0.2) is 35.2 Å². The van der Waals surface area contributed by atoms with E-state index in [9.17, 15) is 14.0 Å². The van der Waals surface area contributed by atoms with E-state index in [-0.39, 0.29) is 28.4 Å². The van der Waals surface area contributed by atoms with Gasteiger partial charge < -0.3 is 11.1 Å². The Bertz CT molecular complexity index is 1280. The fraction of sp³-hybridized carbons (Fsp3) is 0.286. The SMILES string of the molecule is Cn1nnc(-c2c(F)cc(Cl)cc2-c2ccc3c(c2)SCC3NC(=O)C2(C(N)=O)CC2)n1. The fourth-order valence-electron chi connectivity index (χ4n) is 3.92. The number of hydrogen-bond acceptors (Lipinski definition) is 6. The number of tetrazole rings is 1. The van der Waals surface area contributed by atoms with Crippen molar-refractivity contribution >= 4 is 35.2 Å². The number of carbonyl (C=O) groups is 2. The van der Waals surface area contributed by atoms with Gasteiger partial charge in [0.05, 0.1) is 18.7 Å². The highest BCUT2D eigenvalue weighted by Crippen LogP contribution is 2.47. The highest BCUT2D eigenvalue weighted by atomic mass is 35.5. The lowest BCUT2D eigenvalue weighted by atomic mass is 9.96. The van der Waals surface area contributed by atoms with Gasteiger partial charge in [-0.05, 0) is 52.9 Å². The van der Waals surface area contributed by atoms with Crippen molar-refractivity contribution in [1.82, 2.24) is 25.5 Å². The monoisotopic (exact) mass is 472 g/mol. The van der Waals surface area contributed by atoms with Crippen molar-refractivity contribution in [3.8, 4) is 22.5 Å². The van der Waals surface area contributed by atoms with E-state index < -0.39 is 17.1 Å². The summed E-state index contributed by atoms with van der Waals surface area (Å²) in [6.45, 7) is 0. The number of benzene rings is 2. The third-order valence-electron chi connectivity index (χ3n) is 5.85. The molecule has 0 spiro atoms. The second-order valence-electron chi connectivity index (χ2n) is 7.95. The average molecular weight is 473 g/mol. The first-order valence-electron chi connectivity index (χ1n) is 9.90. The van der Waals surface area contributed by atoms with Crippen molar-refractivity contribution in [3.63, 3.8) is 0 Å². The summed E-state index contributed by atoms with van der Waals surface area (Å²) in [6.07, 6.45) is 0.971. The van der Waals surface area contributed by atoms with Crippen LogP contribution < -0.4 is 11.1 Å². The summed E-state index contributed by atoms with van der Waals surface area (Å²) in [5, 5.41) is 15.1. The number of thioether (sulfide) groups is 1. The van der Waals surface area contributed by atoms with Crippen LogP contribution in [0.5, 0.6) is 0 Å². The summed E-state index contributed by atoms with van der Waals surface area (Å²) < 4.78 is 14.9. The molecule has 1 atom stereocenters. The van der Waals surface area contributed by atoms with Crippen LogP contribution in [0.2, 0.25) is 5.02 Å². The van der Waals surface area contributed by atoms with Gasteiger partial charge in [-0.2, -0.15) is 4.80 Å². The molecule has 2 heterocycles. The van der Waals surface area contributed by atoms with Gasteiger partial charge in [0.25, 0.3) is 0 Å². The minimum Gasteiger partial charge on any atom is -0.369 e. The van der Waals surface area contributed by atoms with Crippen LogP contribution in [0.1, 0.15) is 24.4 Å². The first-order valence-corrected chi connectivity index (χ1v) is 11.3. The van der Waals surface area contributed by atoms with E-state index in [0.717, 1.165) is 16.0 Å². The first kappa shape index (κ1) is 20.9. The number of rotatable bonds is 5. The molecule has 164 valence electrons. The van der Waals surface area contributed by atoms with Crippen LogP contribution in [-0.4, -0.2) is 37.8 Å². The maximum atomic E-state index is 14.9. The smallest absolute Gasteiger partial charge is 0.236 e. The highest BCUT2D eigenvalue weighted by molar-refractivity contribution is 7.99. The van der Waals surface area contributed by atoms with Crippen LogP contribution in [-0.2, 0) is 16.6 Å². The van der Waals surface area contributed by atoms with Crippen molar-refractivity contribution in [2.24, 2.45) is 18.2 Å². The first-order chi connectivity index (χ1) is 15.3. The summed E-state index contributed by atoms with van der Waals surface area (Å²) >= 11 is 7.72. The Morgan fingerprint density at radius 2 is 2.09 bits per heavy atom. The number of nitrogens with two attached hydrogens (primary N) is 1. The van der Waals surface area contributed by atoms with E-state index in [1.807, 2.05) is 18.2 Å². The van der Waals surface area contributed by atoms with Gasteiger partial charge in [0.2, 0.25) is 17.6 Å². The van der Waals surface area contributed by atoms with E-state index >= 15 is 0 Å². The van der Waals surface area contributed by atoms with Gasteiger partial charge in [0, 0.05) is 15.7 Å². The van der Waals surface area contributed by atoms with Crippen LogP contribution in [0.3, 0.4) is 0 Å². The Hall–Kier alpha value is -2.98. The molecule has 32 heavy (non-hydrogen) atoms. The molecule has 0 bridgehead atoms. The number of aryl methyl sites for hydroxylation is 1. The van der Waals surface area contributed by atoms with Gasteiger partial charge in [-0.3, -0.25) is 9.59 Å². The molecule has 0 saturated heterocycles. The lowest BCUT2D eigenvalue weighted by Crippen LogP contribution is -2.42. The Kier molecular flexibility index (Phi) is 4.94. The average Bonchev–Trinajstić information content (AvgIpc) is 3.33. The molecule has 3 aromatic rings. The van der Waals surface area contributed by atoms with Crippen LogP contribution in [0.25, 0.3) is 22.5 Å². The molecule has 1 fully saturated rings. The normalized spacial score (nSPS) is 18.3. The van der Waals surface area contributed by atoms with Crippen LogP contribution in [0, 0.1) is 11.2 Å². The Morgan fingerprint density at radius 1 is 1.31 bits per heavy atom. The number of nitrogens with zero attached hydrogens (tertiary/aromatic N) is 4. The largest absolute Gasteiger partial charge is 0.369 e. The lowest BCUT2D eigenvalue weighted by Gasteiger charge is -2.18. The second kappa shape index (κ2) is 7.56. The summed E-state index contributed by atoms with van der Waals surface area (Å²) in [5.74, 6) is -0.650. The number of aromatic nitrogens is 4. The zero-order valence-electron chi connectivity index (χ0n) is 16.9. The Balaban J connectivity index is 1.48. The van der Waals surface area contributed by atoms with Crippen molar-refractivity contribution in [1.29, 1.82) is 0 Å². The number of fused-ring (bicyclic) bond motifs is 1. The van der Waals surface area contributed by atoms with Gasteiger partial charge in [0.15, 0.2) is 0 Å². The van der Waals surface area contributed by atoms with Crippen molar-refractivity contribution in [2.45, 2.75) is 23.8 Å². The molecule has 1 saturated carbocycles. The molecular formula is C21H18ClFN6O2S. The Labute approximate surface area is 191 Å². The number of carbonyl (C=O) groups excluding carboxylic acids is 2. The molecule has 11 heteroatoms. The van der Waals surface area contributed by atoms with Crippen molar-refractivity contribution in [3.05, 3.63) is 46.7 Å². The third-order valence-corrected chi connectivity index (χ3v) is 7.24. The molecule has 1 unspecified atom stereocenters. The number of nitrogens with one attached hydrogen (secondary N) is 1. The molecule has 1 aliphatic heterocycles. The third kappa shape index (κ3) is 3.43. The number of amides is 2. The summed E-state index contributed by atoms with van der Waals surface area (Å²) in [4.78, 5) is 26.5. The molecule has 3 N–H and O–H groups in total. The molecule has 8 nitrogen and oxygen atoms in total. The summed E-state index contributed by atoms with van der Waals surface area (Å²) in [6, 6.07) is 8.32. The van der Waals surface area contributed by atoms with E-state index in [1.165, 1.54) is 10.9 Å². The maximum absolute atomic E-state index is 14.9. The van der Waals surface area contributed by atoms with Crippen molar-refractivity contribution < 1.29 is 14.0 Å². The van der Waals surface area contributed by atoms with E-state index in [1.54, 1.807) is 24.9 Å². The molecule has 2 amide bonds. The van der Waals surface area contributed by atoms with E-state index in [2.05, 4.69) is 20.7 Å². The molecule has 1 aromatic heterocycles. The zero-order valence-corrected chi connectivity index (χ0v) is 18.5. The van der Waals surface area contributed by atoms with E-state index in [4.69, 9.17) is 17.3 Å². The summed E-state index contributed by atoms with van der Waals surface area (Å²) in [5.41, 5.74) is 6.79. The minimum atomic E-state index is -1.07. The molecule has 0 radical (unpaired) electrons. The summed E-state index contributed by atoms with van der Waals surface area (Å²) in [7, 11) is 1.61.